The number of aliphatic hydroxyl groups is 2. The Kier molecular flexibility index (Phi) is 24.8. The zero-order chi connectivity index (χ0) is 20.8. The number of carboxylic acids is 1. The van der Waals surface area contributed by atoms with Crippen LogP contribution in [0.25, 0.3) is 0 Å². The lowest BCUT2D eigenvalue weighted by Gasteiger charge is -2.14. The van der Waals surface area contributed by atoms with E-state index in [-0.39, 0.29) is 12.7 Å². The van der Waals surface area contributed by atoms with Gasteiger partial charge in [0.15, 0.2) is 0 Å². The van der Waals surface area contributed by atoms with Gasteiger partial charge >= 0.3 is 5.97 Å². The van der Waals surface area contributed by atoms with Gasteiger partial charge in [0.25, 0.3) is 0 Å². The van der Waals surface area contributed by atoms with E-state index in [1.54, 1.807) is 6.92 Å². The van der Waals surface area contributed by atoms with E-state index in [1.807, 2.05) is 0 Å². The standard InChI is InChI=1S/C17H34O2.C6H14O2/c1-3-5-7-9-10-12-14-16(15-17(18)19)13-11-8-6-4-2;1-6(8)4-2-3-5-7/h16H,3-15H2,1-2H3,(H,18,19);6-8H,2-5H2,1H3. The van der Waals surface area contributed by atoms with E-state index in [9.17, 15) is 4.79 Å². The highest BCUT2D eigenvalue weighted by Gasteiger charge is 2.12. The van der Waals surface area contributed by atoms with Crippen molar-refractivity contribution in [1.82, 2.24) is 0 Å². The van der Waals surface area contributed by atoms with Gasteiger partial charge in [0.2, 0.25) is 0 Å². The second-order valence-electron chi connectivity index (χ2n) is 7.94. The molecule has 0 aliphatic rings. The molecule has 27 heavy (non-hydrogen) atoms. The first-order chi connectivity index (χ1) is 13.0. The number of carbonyl (C=O) groups is 1. The van der Waals surface area contributed by atoms with Crippen molar-refractivity contribution in [1.29, 1.82) is 0 Å². The molecule has 164 valence electrons. The summed E-state index contributed by atoms with van der Waals surface area (Å²) in [5.41, 5.74) is 0. The normalized spacial score (nSPS) is 12.9. The minimum atomic E-state index is -0.619. The summed E-state index contributed by atoms with van der Waals surface area (Å²) in [6.07, 6.45) is 17.8. The molecule has 0 aliphatic heterocycles. The van der Waals surface area contributed by atoms with Crippen LogP contribution in [0.5, 0.6) is 0 Å². The summed E-state index contributed by atoms with van der Waals surface area (Å²) in [5, 5.41) is 26.0. The fraction of sp³-hybridized carbons (Fsp3) is 0.957. The van der Waals surface area contributed by atoms with Crippen LogP contribution in [0.3, 0.4) is 0 Å². The highest BCUT2D eigenvalue weighted by molar-refractivity contribution is 5.66. The molecule has 0 saturated heterocycles. The summed E-state index contributed by atoms with van der Waals surface area (Å²) in [6.45, 7) is 6.45. The average Bonchev–Trinajstić information content (AvgIpc) is 2.61. The van der Waals surface area contributed by atoms with Crippen molar-refractivity contribution in [2.75, 3.05) is 6.61 Å². The van der Waals surface area contributed by atoms with E-state index < -0.39 is 5.97 Å². The molecule has 0 spiro atoms. The van der Waals surface area contributed by atoms with Crippen molar-refractivity contribution >= 4 is 5.97 Å². The second kappa shape index (κ2) is 23.4. The van der Waals surface area contributed by atoms with Crippen LogP contribution in [0.1, 0.15) is 124 Å². The summed E-state index contributed by atoms with van der Waals surface area (Å²) in [5.74, 6) is -0.202. The zero-order valence-corrected chi connectivity index (χ0v) is 18.4. The van der Waals surface area contributed by atoms with Gasteiger partial charge in [0.1, 0.15) is 0 Å². The third kappa shape index (κ3) is 27.7. The van der Waals surface area contributed by atoms with Crippen LogP contribution in [-0.2, 0) is 4.79 Å². The van der Waals surface area contributed by atoms with E-state index in [0.29, 0.717) is 12.3 Å². The maximum atomic E-state index is 10.9. The average molecular weight is 389 g/mol. The number of hydrogen-bond donors (Lipinski definition) is 3. The Morgan fingerprint density at radius 2 is 1.19 bits per heavy atom. The highest BCUT2D eigenvalue weighted by atomic mass is 16.4. The van der Waals surface area contributed by atoms with Gasteiger partial charge < -0.3 is 15.3 Å². The third-order valence-corrected chi connectivity index (χ3v) is 4.93. The Labute approximate surface area is 168 Å². The third-order valence-electron chi connectivity index (χ3n) is 4.93. The van der Waals surface area contributed by atoms with E-state index in [4.69, 9.17) is 15.3 Å². The topological polar surface area (TPSA) is 77.8 Å². The molecular weight excluding hydrogens is 340 g/mol. The largest absolute Gasteiger partial charge is 0.481 e. The van der Waals surface area contributed by atoms with Gasteiger partial charge in [-0.05, 0) is 44.9 Å². The molecule has 4 heteroatoms. The quantitative estimate of drug-likeness (QED) is 0.240. The maximum absolute atomic E-state index is 10.9. The monoisotopic (exact) mass is 388 g/mol. The van der Waals surface area contributed by atoms with Crippen molar-refractivity contribution in [3.05, 3.63) is 0 Å². The van der Waals surface area contributed by atoms with Crippen LogP contribution in [0.2, 0.25) is 0 Å². The minimum Gasteiger partial charge on any atom is -0.481 e. The van der Waals surface area contributed by atoms with E-state index in [1.165, 1.54) is 64.2 Å². The van der Waals surface area contributed by atoms with Gasteiger partial charge in [0.05, 0.1) is 6.10 Å². The number of unbranched alkanes of at least 4 members (excludes halogenated alkanes) is 9. The van der Waals surface area contributed by atoms with E-state index >= 15 is 0 Å². The van der Waals surface area contributed by atoms with Crippen LogP contribution in [0.4, 0.5) is 0 Å². The molecule has 0 heterocycles. The summed E-state index contributed by atoms with van der Waals surface area (Å²) in [6, 6.07) is 0. The number of aliphatic hydroxyl groups excluding tert-OH is 2. The van der Waals surface area contributed by atoms with Crippen LogP contribution < -0.4 is 0 Å². The van der Waals surface area contributed by atoms with Crippen molar-refractivity contribution in [2.24, 2.45) is 5.92 Å². The molecule has 4 nitrogen and oxygen atoms in total. The Balaban J connectivity index is 0. The lowest BCUT2D eigenvalue weighted by Crippen LogP contribution is -2.08. The molecule has 0 aliphatic carbocycles. The van der Waals surface area contributed by atoms with Crippen LogP contribution in [-0.4, -0.2) is 34.0 Å². The number of aliphatic carboxylic acids is 1. The van der Waals surface area contributed by atoms with Crippen LogP contribution >= 0.6 is 0 Å². The SMILES string of the molecule is CC(O)CCCCO.CCCCCCCCC(CCCCCC)CC(=O)O. The molecule has 0 aromatic rings. The number of hydrogen-bond acceptors (Lipinski definition) is 3. The molecule has 0 bridgehead atoms. The van der Waals surface area contributed by atoms with Crippen molar-refractivity contribution < 1.29 is 20.1 Å². The maximum Gasteiger partial charge on any atom is 0.303 e. The van der Waals surface area contributed by atoms with Crippen molar-refractivity contribution in [3.63, 3.8) is 0 Å². The second-order valence-corrected chi connectivity index (χ2v) is 7.94. The summed E-state index contributed by atoms with van der Waals surface area (Å²) >= 11 is 0. The lowest BCUT2D eigenvalue weighted by molar-refractivity contribution is -0.138. The highest BCUT2D eigenvalue weighted by Crippen LogP contribution is 2.21. The fourth-order valence-electron chi connectivity index (χ4n) is 3.22. The van der Waals surface area contributed by atoms with E-state index in [2.05, 4.69) is 13.8 Å². The van der Waals surface area contributed by atoms with Crippen LogP contribution in [0, 0.1) is 5.92 Å². The van der Waals surface area contributed by atoms with Crippen molar-refractivity contribution in [3.8, 4) is 0 Å². The number of rotatable bonds is 18. The Hall–Kier alpha value is -0.610. The summed E-state index contributed by atoms with van der Waals surface area (Å²) in [4.78, 5) is 10.9. The summed E-state index contributed by atoms with van der Waals surface area (Å²) < 4.78 is 0. The molecule has 0 amide bonds. The van der Waals surface area contributed by atoms with Crippen LogP contribution in [0.15, 0.2) is 0 Å². The fourth-order valence-corrected chi connectivity index (χ4v) is 3.22. The molecule has 0 radical (unpaired) electrons. The molecule has 0 aromatic heterocycles. The first kappa shape index (κ1) is 28.6. The molecule has 0 aromatic carbocycles. The predicted molar refractivity (Wildman–Crippen MR) is 115 cm³/mol. The molecule has 0 rings (SSSR count). The molecule has 0 saturated carbocycles. The molecule has 2 unspecified atom stereocenters. The van der Waals surface area contributed by atoms with Crippen molar-refractivity contribution in [2.45, 2.75) is 130 Å². The van der Waals surface area contributed by atoms with Gasteiger partial charge in [-0.3, -0.25) is 4.79 Å². The molecule has 3 N–H and O–H groups in total. The van der Waals surface area contributed by atoms with Gasteiger partial charge in [0, 0.05) is 13.0 Å². The van der Waals surface area contributed by atoms with Gasteiger partial charge in [-0.2, -0.15) is 0 Å². The molecule has 0 fully saturated rings. The van der Waals surface area contributed by atoms with Gasteiger partial charge in [-0.15, -0.1) is 0 Å². The molecular formula is C23H48O4. The zero-order valence-electron chi connectivity index (χ0n) is 18.4. The smallest absolute Gasteiger partial charge is 0.303 e. The minimum absolute atomic E-state index is 0.207. The Bertz CT molecular complexity index is 292. The Morgan fingerprint density at radius 1 is 0.741 bits per heavy atom. The predicted octanol–water partition coefficient (Wildman–Crippen LogP) is 6.33. The van der Waals surface area contributed by atoms with E-state index in [0.717, 1.165) is 32.1 Å². The first-order valence-electron chi connectivity index (χ1n) is 11.5. The summed E-state index contributed by atoms with van der Waals surface area (Å²) in [7, 11) is 0. The lowest BCUT2D eigenvalue weighted by atomic mass is 9.91. The van der Waals surface area contributed by atoms with Gasteiger partial charge in [-0.1, -0.05) is 78.1 Å². The molecule has 2 atom stereocenters. The first-order valence-corrected chi connectivity index (χ1v) is 11.5. The van der Waals surface area contributed by atoms with Gasteiger partial charge in [-0.25, -0.2) is 0 Å². The Morgan fingerprint density at radius 3 is 1.63 bits per heavy atom. The number of carboxylic acid groups (broad SMARTS) is 1.